The lowest BCUT2D eigenvalue weighted by molar-refractivity contribution is 0.284. The molecule has 0 amide bonds. The molecular formula is C18H20N6. The predicted octanol–water partition coefficient (Wildman–Crippen LogP) is 2.19. The molecule has 0 bridgehead atoms. The molecule has 0 radical (unpaired) electrons. The van der Waals surface area contributed by atoms with Gasteiger partial charge in [0.2, 0.25) is 0 Å². The summed E-state index contributed by atoms with van der Waals surface area (Å²) in [6.07, 6.45) is 7.69. The molecule has 1 aromatic carbocycles. The molecule has 1 N–H and O–H groups in total. The Hall–Kier alpha value is -2.73. The first-order chi connectivity index (χ1) is 11.9. The fourth-order valence-corrected chi connectivity index (χ4v) is 3.04. The zero-order valence-electron chi connectivity index (χ0n) is 13.5. The van der Waals surface area contributed by atoms with Crippen LogP contribution in [-0.2, 0) is 0 Å². The smallest absolute Gasteiger partial charge is 0.182 e. The number of piperazine rings is 1. The minimum atomic E-state index is 0.730. The molecule has 3 aromatic rings. The highest BCUT2D eigenvalue weighted by Crippen LogP contribution is 2.20. The van der Waals surface area contributed by atoms with E-state index in [4.69, 9.17) is 0 Å². The van der Waals surface area contributed by atoms with E-state index in [1.807, 2.05) is 6.07 Å². The van der Waals surface area contributed by atoms with Crippen LogP contribution in [0.2, 0.25) is 0 Å². The number of anilines is 1. The topological polar surface area (TPSA) is 60.9 Å². The van der Waals surface area contributed by atoms with E-state index in [0.29, 0.717) is 0 Å². The molecule has 0 unspecified atom stereocenters. The number of nitrogens with zero attached hydrogens (tertiary/aromatic N) is 5. The van der Waals surface area contributed by atoms with Crippen molar-refractivity contribution >= 4 is 23.1 Å². The van der Waals surface area contributed by atoms with Crippen LogP contribution in [0.4, 0.5) is 5.82 Å². The third kappa shape index (κ3) is 3.14. The van der Waals surface area contributed by atoms with Crippen LogP contribution in [0.15, 0.2) is 49.1 Å². The maximum Gasteiger partial charge on any atom is 0.182 e. The summed E-state index contributed by atoms with van der Waals surface area (Å²) >= 11 is 0. The number of imidazole rings is 1. The average Bonchev–Trinajstić information content (AvgIpc) is 3.12. The fourth-order valence-electron chi connectivity index (χ4n) is 3.04. The van der Waals surface area contributed by atoms with Crippen molar-refractivity contribution in [2.75, 3.05) is 37.6 Å². The van der Waals surface area contributed by atoms with Crippen LogP contribution < -0.4 is 4.90 Å². The second-order valence-electron chi connectivity index (χ2n) is 5.90. The third-order valence-corrected chi connectivity index (χ3v) is 4.35. The summed E-state index contributed by atoms with van der Waals surface area (Å²) in [4.78, 5) is 20.7. The number of nitrogens with one attached hydrogen (secondary N) is 1. The van der Waals surface area contributed by atoms with E-state index >= 15 is 0 Å². The lowest BCUT2D eigenvalue weighted by atomic mass is 10.2. The molecule has 3 heterocycles. The number of aromatic nitrogens is 4. The molecule has 24 heavy (non-hydrogen) atoms. The van der Waals surface area contributed by atoms with Crippen LogP contribution in [-0.4, -0.2) is 57.6 Å². The number of aromatic amines is 1. The fraction of sp³-hybridized carbons (Fsp3) is 0.278. The van der Waals surface area contributed by atoms with E-state index < -0.39 is 0 Å². The lowest BCUT2D eigenvalue weighted by Gasteiger charge is -2.34. The zero-order chi connectivity index (χ0) is 16.2. The first-order valence-electron chi connectivity index (χ1n) is 8.23. The molecule has 0 aliphatic carbocycles. The van der Waals surface area contributed by atoms with Gasteiger partial charge in [-0.15, -0.1) is 0 Å². The van der Waals surface area contributed by atoms with Gasteiger partial charge in [-0.3, -0.25) is 4.90 Å². The molecule has 1 aliphatic heterocycles. The van der Waals surface area contributed by atoms with Crippen molar-refractivity contribution in [2.24, 2.45) is 0 Å². The number of hydrogen-bond donors (Lipinski definition) is 1. The van der Waals surface area contributed by atoms with Gasteiger partial charge in [-0.05, 0) is 5.56 Å². The summed E-state index contributed by atoms with van der Waals surface area (Å²) in [5.74, 6) is 0.956. The number of fused-ring (bicyclic) bond motifs is 1. The van der Waals surface area contributed by atoms with Gasteiger partial charge in [0.1, 0.15) is 11.8 Å². The largest absolute Gasteiger partial charge is 0.352 e. The number of rotatable bonds is 4. The van der Waals surface area contributed by atoms with Gasteiger partial charge < -0.3 is 9.88 Å². The van der Waals surface area contributed by atoms with Crippen molar-refractivity contribution in [3.8, 4) is 0 Å². The Bertz CT molecular complexity index is 818. The molecule has 0 atom stereocenters. The van der Waals surface area contributed by atoms with Gasteiger partial charge in [-0.2, -0.15) is 0 Å². The molecule has 2 aromatic heterocycles. The molecular weight excluding hydrogens is 300 g/mol. The summed E-state index contributed by atoms with van der Waals surface area (Å²) < 4.78 is 0. The number of benzene rings is 1. The van der Waals surface area contributed by atoms with Crippen LogP contribution in [0.3, 0.4) is 0 Å². The zero-order valence-corrected chi connectivity index (χ0v) is 13.5. The molecule has 6 nitrogen and oxygen atoms in total. The van der Waals surface area contributed by atoms with Gasteiger partial charge in [-0.1, -0.05) is 42.5 Å². The molecule has 1 fully saturated rings. The molecule has 0 spiro atoms. The molecule has 4 rings (SSSR count). The highest BCUT2D eigenvalue weighted by Gasteiger charge is 2.19. The molecule has 122 valence electrons. The van der Waals surface area contributed by atoms with Gasteiger partial charge in [0.25, 0.3) is 0 Å². The van der Waals surface area contributed by atoms with E-state index in [0.717, 1.165) is 49.7 Å². The standard InChI is InChI=1S/C18H20N6/c1-2-5-15(6-3-1)7-4-8-23-9-11-24(12-10-23)18-16-17(20-13-19-16)21-14-22-18/h1-7,13-14H,8-12H2,(H,19,20,21,22)/b7-4+. The highest BCUT2D eigenvalue weighted by molar-refractivity contribution is 5.82. The van der Waals surface area contributed by atoms with E-state index in [2.05, 4.69) is 66.2 Å². The second kappa shape index (κ2) is 6.80. The van der Waals surface area contributed by atoms with Gasteiger partial charge in [0, 0.05) is 32.7 Å². The summed E-state index contributed by atoms with van der Waals surface area (Å²) in [5.41, 5.74) is 2.90. The normalized spacial score (nSPS) is 16.2. The molecule has 1 saturated heterocycles. The van der Waals surface area contributed by atoms with E-state index in [-0.39, 0.29) is 0 Å². The summed E-state index contributed by atoms with van der Waals surface area (Å²) in [5, 5.41) is 0. The van der Waals surface area contributed by atoms with Crippen molar-refractivity contribution in [3.05, 3.63) is 54.6 Å². The first-order valence-corrected chi connectivity index (χ1v) is 8.23. The maximum atomic E-state index is 4.44. The van der Waals surface area contributed by atoms with Crippen molar-refractivity contribution in [3.63, 3.8) is 0 Å². The monoisotopic (exact) mass is 320 g/mol. The Balaban J connectivity index is 1.35. The Morgan fingerprint density at radius 1 is 1.00 bits per heavy atom. The van der Waals surface area contributed by atoms with E-state index in [1.165, 1.54) is 5.56 Å². The SMILES string of the molecule is C(=C\c1ccccc1)/CN1CCN(c2ncnc3nc[nH]c23)CC1. The predicted molar refractivity (Wildman–Crippen MR) is 95.8 cm³/mol. The van der Waals surface area contributed by atoms with Gasteiger partial charge in [-0.25, -0.2) is 15.0 Å². The van der Waals surface area contributed by atoms with E-state index in [9.17, 15) is 0 Å². The van der Waals surface area contributed by atoms with Crippen LogP contribution in [0.1, 0.15) is 5.56 Å². The quantitative estimate of drug-likeness (QED) is 0.798. The molecule has 6 heteroatoms. The van der Waals surface area contributed by atoms with Gasteiger partial charge in [0.05, 0.1) is 6.33 Å². The van der Waals surface area contributed by atoms with E-state index in [1.54, 1.807) is 12.7 Å². The minimum Gasteiger partial charge on any atom is -0.352 e. The summed E-state index contributed by atoms with van der Waals surface area (Å²) in [6.45, 7) is 4.96. The van der Waals surface area contributed by atoms with Gasteiger partial charge >= 0.3 is 0 Å². The Kier molecular flexibility index (Phi) is 4.20. The van der Waals surface area contributed by atoms with Crippen LogP contribution in [0, 0.1) is 0 Å². The number of H-pyrrole nitrogens is 1. The lowest BCUT2D eigenvalue weighted by Crippen LogP contribution is -2.46. The Labute approximate surface area is 140 Å². The minimum absolute atomic E-state index is 0.730. The highest BCUT2D eigenvalue weighted by atomic mass is 15.3. The van der Waals surface area contributed by atoms with Crippen molar-refractivity contribution in [1.82, 2.24) is 24.8 Å². The van der Waals surface area contributed by atoms with Crippen LogP contribution in [0.25, 0.3) is 17.2 Å². The summed E-state index contributed by atoms with van der Waals surface area (Å²) in [6, 6.07) is 10.4. The Morgan fingerprint density at radius 2 is 1.83 bits per heavy atom. The average molecular weight is 320 g/mol. The summed E-state index contributed by atoms with van der Waals surface area (Å²) in [7, 11) is 0. The van der Waals surface area contributed by atoms with Gasteiger partial charge in [0.15, 0.2) is 11.5 Å². The second-order valence-corrected chi connectivity index (χ2v) is 5.90. The Morgan fingerprint density at radius 3 is 2.67 bits per heavy atom. The third-order valence-electron chi connectivity index (χ3n) is 4.35. The van der Waals surface area contributed by atoms with Crippen LogP contribution in [0.5, 0.6) is 0 Å². The molecule has 1 aliphatic rings. The van der Waals surface area contributed by atoms with Crippen molar-refractivity contribution in [1.29, 1.82) is 0 Å². The van der Waals surface area contributed by atoms with Crippen LogP contribution >= 0.6 is 0 Å². The first kappa shape index (κ1) is 14.8. The van der Waals surface area contributed by atoms with Crippen molar-refractivity contribution < 1.29 is 0 Å². The number of hydrogen-bond acceptors (Lipinski definition) is 5. The maximum absolute atomic E-state index is 4.44. The molecule has 0 saturated carbocycles. The van der Waals surface area contributed by atoms with Crippen molar-refractivity contribution in [2.45, 2.75) is 0 Å².